The Morgan fingerprint density at radius 1 is 1.33 bits per heavy atom. The molecule has 0 saturated carbocycles. The van der Waals surface area contributed by atoms with Crippen molar-refractivity contribution in [3.8, 4) is 0 Å². The van der Waals surface area contributed by atoms with Crippen molar-refractivity contribution >= 4 is 5.97 Å². The highest BCUT2D eigenvalue weighted by molar-refractivity contribution is 5.82. The lowest BCUT2D eigenvalue weighted by Gasteiger charge is -2.33. The summed E-state index contributed by atoms with van der Waals surface area (Å²) in [6.07, 6.45) is 5.25. The summed E-state index contributed by atoms with van der Waals surface area (Å²) in [5, 5.41) is 3.31. The van der Waals surface area contributed by atoms with Crippen LogP contribution in [0.25, 0.3) is 0 Å². The molecule has 0 amide bonds. The molecule has 0 aliphatic carbocycles. The molecule has 0 aliphatic heterocycles. The van der Waals surface area contributed by atoms with Crippen molar-refractivity contribution in [2.45, 2.75) is 25.9 Å². The quantitative estimate of drug-likeness (QED) is 0.791. The van der Waals surface area contributed by atoms with Crippen LogP contribution < -0.4 is 5.32 Å². The minimum absolute atomic E-state index is 0.272. The first-order chi connectivity index (χ1) is 10.2. The van der Waals surface area contributed by atoms with Crippen LogP contribution >= 0.6 is 0 Å². The molecule has 0 saturated heterocycles. The molecular weight excluding hydrogens is 266 g/mol. The van der Waals surface area contributed by atoms with Crippen LogP contribution in [-0.4, -0.2) is 28.7 Å². The average Bonchev–Trinajstić information content (AvgIpc) is 3.00. The summed E-state index contributed by atoms with van der Waals surface area (Å²) in [6.45, 7) is 5.23. The fraction of sp³-hybridized carbons (Fsp3) is 0.375. The van der Waals surface area contributed by atoms with E-state index >= 15 is 0 Å². The predicted molar refractivity (Wildman–Crippen MR) is 80.7 cm³/mol. The normalized spacial score (nSPS) is 13.6. The lowest BCUT2D eigenvalue weighted by molar-refractivity contribution is -0.152. The topological polar surface area (TPSA) is 56.2 Å². The number of hydrogen-bond donors (Lipinski definition) is 1. The van der Waals surface area contributed by atoms with E-state index in [1.165, 1.54) is 0 Å². The molecule has 0 spiro atoms. The second-order valence-corrected chi connectivity index (χ2v) is 4.76. The molecule has 0 fully saturated rings. The van der Waals surface area contributed by atoms with E-state index in [2.05, 4.69) is 10.3 Å². The van der Waals surface area contributed by atoms with Gasteiger partial charge < -0.3 is 9.30 Å². The van der Waals surface area contributed by atoms with Gasteiger partial charge >= 0.3 is 5.97 Å². The maximum absolute atomic E-state index is 12.7. The summed E-state index contributed by atoms with van der Waals surface area (Å²) in [5.74, 6) is -0.272. The fourth-order valence-corrected chi connectivity index (χ4v) is 2.44. The minimum atomic E-state index is -0.910. The molecular formula is C16H21N3O2. The van der Waals surface area contributed by atoms with Crippen molar-refractivity contribution < 1.29 is 9.53 Å². The molecule has 1 unspecified atom stereocenters. The van der Waals surface area contributed by atoms with Crippen molar-refractivity contribution in [3.63, 3.8) is 0 Å². The molecule has 5 heteroatoms. The molecule has 1 aromatic carbocycles. The van der Waals surface area contributed by atoms with Crippen molar-refractivity contribution in [2.24, 2.45) is 0 Å². The van der Waals surface area contributed by atoms with Gasteiger partial charge in [0.2, 0.25) is 0 Å². The fourth-order valence-electron chi connectivity index (χ4n) is 2.44. The van der Waals surface area contributed by atoms with Crippen molar-refractivity contribution in [3.05, 3.63) is 54.6 Å². The molecule has 1 N–H and O–H groups in total. The number of hydrogen-bond acceptors (Lipinski definition) is 4. The predicted octanol–water partition coefficient (Wildman–Crippen LogP) is 1.95. The number of nitrogens with one attached hydrogen (secondary N) is 1. The monoisotopic (exact) mass is 287 g/mol. The summed E-state index contributed by atoms with van der Waals surface area (Å²) in [5.41, 5.74) is -0.0220. The Morgan fingerprint density at radius 2 is 2.10 bits per heavy atom. The number of benzene rings is 1. The highest BCUT2D eigenvalue weighted by atomic mass is 16.5. The second-order valence-electron chi connectivity index (χ2n) is 4.76. The summed E-state index contributed by atoms with van der Waals surface area (Å²) in [4.78, 5) is 16.7. The lowest BCUT2D eigenvalue weighted by Crippen LogP contribution is -2.53. The van der Waals surface area contributed by atoms with Crippen LogP contribution in [0.3, 0.4) is 0 Å². The number of nitrogens with zero attached hydrogens (tertiary/aromatic N) is 2. The third kappa shape index (κ3) is 3.31. The smallest absolute Gasteiger partial charge is 0.332 e. The Labute approximate surface area is 125 Å². The second kappa shape index (κ2) is 7.04. The third-order valence-corrected chi connectivity index (χ3v) is 3.35. The number of carbonyl (C=O) groups is 1. The maximum Gasteiger partial charge on any atom is 0.332 e. The number of esters is 1. The van der Waals surface area contributed by atoms with Gasteiger partial charge in [-0.3, -0.25) is 5.32 Å². The molecule has 0 aliphatic rings. The zero-order valence-corrected chi connectivity index (χ0v) is 12.5. The van der Waals surface area contributed by atoms with Crippen molar-refractivity contribution in [2.75, 3.05) is 13.2 Å². The molecule has 0 radical (unpaired) electrons. The molecule has 2 aromatic rings. The number of imidazole rings is 1. The average molecular weight is 287 g/mol. The Bertz CT molecular complexity index is 554. The van der Waals surface area contributed by atoms with E-state index in [-0.39, 0.29) is 5.97 Å². The molecule has 1 heterocycles. The van der Waals surface area contributed by atoms with Crippen molar-refractivity contribution in [1.82, 2.24) is 14.9 Å². The number of carbonyl (C=O) groups excluding carboxylic acids is 1. The van der Waals surface area contributed by atoms with Gasteiger partial charge in [-0.1, -0.05) is 37.3 Å². The van der Waals surface area contributed by atoms with Crippen LogP contribution in [0.5, 0.6) is 0 Å². The molecule has 0 bridgehead atoms. The number of likely N-dealkylation sites (N-methyl/N-ethyl adjacent to an activating group) is 1. The Hall–Kier alpha value is -2.14. The summed E-state index contributed by atoms with van der Waals surface area (Å²) < 4.78 is 7.21. The van der Waals surface area contributed by atoms with Crippen LogP contribution in [0.1, 0.15) is 19.4 Å². The number of rotatable bonds is 7. The van der Waals surface area contributed by atoms with Crippen molar-refractivity contribution in [1.29, 1.82) is 0 Å². The first-order valence-electron chi connectivity index (χ1n) is 7.16. The first kappa shape index (κ1) is 15.3. The van der Waals surface area contributed by atoms with Gasteiger partial charge in [0.15, 0.2) is 5.54 Å². The Morgan fingerprint density at radius 3 is 2.67 bits per heavy atom. The van der Waals surface area contributed by atoms with E-state index in [1.54, 1.807) is 12.5 Å². The largest absolute Gasteiger partial charge is 0.464 e. The van der Waals surface area contributed by atoms with Crippen LogP contribution in [0.2, 0.25) is 0 Å². The van der Waals surface area contributed by atoms with Crippen LogP contribution in [0, 0.1) is 0 Å². The van der Waals surface area contributed by atoms with Gasteiger partial charge in [0.05, 0.1) is 19.5 Å². The Balaban J connectivity index is 2.45. The third-order valence-electron chi connectivity index (χ3n) is 3.35. The van der Waals surface area contributed by atoms with E-state index in [0.717, 1.165) is 5.56 Å². The standard InChI is InChI=1S/C16H21N3O2/c1-3-18-16(15(20)21-4-2,12-19-11-10-17-13-19)14-8-6-5-7-9-14/h5-11,13,18H,3-4,12H2,1-2H3. The van der Waals surface area contributed by atoms with Gasteiger partial charge in [0.1, 0.15) is 0 Å². The van der Waals surface area contributed by atoms with E-state index in [4.69, 9.17) is 4.74 Å². The number of ether oxygens (including phenoxy) is 1. The highest BCUT2D eigenvalue weighted by Crippen LogP contribution is 2.25. The molecule has 2 rings (SSSR count). The van der Waals surface area contributed by atoms with E-state index < -0.39 is 5.54 Å². The van der Waals surface area contributed by atoms with E-state index in [0.29, 0.717) is 19.7 Å². The van der Waals surface area contributed by atoms with Gasteiger partial charge in [-0.25, -0.2) is 9.78 Å². The zero-order valence-electron chi connectivity index (χ0n) is 12.5. The lowest BCUT2D eigenvalue weighted by atomic mass is 9.89. The van der Waals surface area contributed by atoms with Crippen LogP contribution in [0.15, 0.2) is 49.1 Å². The molecule has 1 aromatic heterocycles. The Kier molecular flexibility index (Phi) is 5.11. The SMILES string of the molecule is CCNC(Cn1ccnc1)(C(=O)OCC)c1ccccc1. The molecule has 1 atom stereocenters. The van der Waals surface area contributed by atoms with Crippen LogP contribution in [-0.2, 0) is 21.6 Å². The number of aromatic nitrogens is 2. The zero-order chi connectivity index (χ0) is 15.1. The summed E-state index contributed by atoms with van der Waals surface area (Å²) in [6, 6.07) is 9.67. The maximum atomic E-state index is 12.7. The minimum Gasteiger partial charge on any atom is -0.464 e. The van der Waals surface area contributed by atoms with Gasteiger partial charge in [-0.2, -0.15) is 0 Å². The highest BCUT2D eigenvalue weighted by Gasteiger charge is 2.41. The van der Waals surface area contributed by atoms with E-state index in [9.17, 15) is 4.79 Å². The molecule has 21 heavy (non-hydrogen) atoms. The van der Waals surface area contributed by atoms with Crippen LogP contribution in [0.4, 0.5) is 0 Å². The molecule has 112 valence electrons. The first-order valence-corrected chi connectivity index (χ1v) is 7.16. The summed E-state index contributed by atoms with van der Waals surface area (Å²) in [7, 11) is 0. The van der Waals surface area contributed by atoms with Gasteiger partial charge in [-0.05, 0) is 19.0 Å². The van der Waals surface area contributed by atoms with E-state index in [1.807, 2.05) is 54.9 Å². The van der Waals surface area contributed by atoms with Gasteiger partial charge in [-0.15, -0.1) is 0 Å². The summed E-state index contributed by atoms with van der Waals surface area (Å²) >= 11 is 0. The molecule has 5 nitrogen and oxygen atoms in total. The van der Waals surface area contributed by atoms with Gasteiger partial charge in [0.25, 0.3) is 0 Å². The van der Waals surface area contributed by atoms with Gasteiger partial charge in [0, 0.05) is 12.4 Å².